The highest BCUT2D eigenvalue weighted by atomic mass is 16.5. The minimum atomic E-state index is -0.403. The van der Waals surface area contributed by atoms with E-state index in [2.05, 4.69) is 15.2 Å². The Morgan fingerprint density at radius 3 is 2.71 bits per heavy atom. The molecule has 0 aliphatic rings. The van der Waals surface area contributed by atoms with Crippen LogP contribution in [0.25, 0.3) is 11.5 Å². The van der Waals surface area contributed by atoms with Crippen LogP contribution in [0.15, 0.2) is 41.1 Å². The van der Waals surface area contributed by atoms with E-state index in [0.717, 1.165) is 5.56 Å². The summed E-state index contributed by atoms with van der Waals surface area (Å²) in [5.41, 5.74) is 7.70. The Morgan fingerprint density at radius 2 is 2.05 bits per heavy atom. The van der Waals surface area contributed by atoms with Crippen molar-refractivity contribution in [3.8, 4) is 17.3 Å². The SMILES string of the molecule is Cn1ccc(-c2noc([C@H](N)Cc3ccc(O)cc3)n2)n1. The van der Waals surface area contributed by atoms with Gasteiger partial charge in [0.05, 0.1) is 6.04 Å². The van der Waals surface area contributed by atoms with Gasteiger partial charge in [-0.3, -0.25) is 4.68 Å². The predicted molar refractivity (Wildman–Crippen MR) is 75.2 cm³/mol. The van der Waals surface area contributed by atoms with E-state index in [1.165, 1.54) is 0 Å². The molecule has 0 unspecified atom stereocenters. The number of phenolic OH excluding ortho intramolecular Hbond substituents is 1. The molecule has 0 radical (unpaired) electrons. The molecule has 0 spiro atoms. The highest BCUT2D eigenvalue weighted by Crippen LogP contribution is 2.19. The third kappa shape index (κ3) is 2.92. The lowest BCUT2D eigenvalue weighted by Gasteiger charge is -2.06. The molecule has 0 aliphatic carbocycles. The Hall–Kier alpha value is -2.67. The van der Waals surface area contributed by atoms with Crippen LogP contribution in [0.1, 0.15) is 17.5 Å². The minimum absolute atomic E-state index is 0.225. The standard InChI is InChI=1S/C14H15N5O2/c1-19-7-6-12(17-19)13-16-14(21-18-13)11(15)8-9-2-4-10(20)5-3-9/h2-7,11,20H,8,15H2,1H3/t11-/m1/s1. The maximum atomic E-state index is 9.26. The van der Waals surface area contributed by atoms with Crippen molar-refractivity contribution in [3.63, 3.8) is 0 Å². The quantitative estimate of drug-likeness (QED) is 0.751. The molecule has 0 aliphatic heterocycles. The number of aryl methyl sites for hydroxylation is 1. The van der Waals surface area contributed by atoms with Gasteiger partial charge in [-0.2, -0.15) is 10.1 Å². The van der Waals surface area contributed by atoms with E-state index in [1.807, 2.05) is 25.4 Å². The van der Waals surface area contributed by atoms with Crippen molar-refractivity contribution in [2.75, 3.05) is 0 Å². The smallest absolute Gasteiger partial charge is 0.244 e. The van der Waals surface area contributed by atoms with Crippen LogP contribution in [0.4, 0.5) is 0 Å². The zero-order chi connectivity index (χ0) is 14.8. The van der Waals surface area contributed by atoms with E-state index in [-0.39, 0.29) is 5.75 Å². The van der Waals surface area contributed by atoms with Crippen LogP contribution >= 0.6 is 0 Å². The number of aromatic hydroxyl groups is 1. The lowest BCUT2D eigenvalue weighted by molar-refractivity contribution is 0.354. The first-order chi connectivity index (χ1) is 10.1. The molecule has 3 N–H and O–H groups in total. The number of nitrogens with zero attached hydrogens (tertiary/aromatic N) is 4. The topological polar surface area (TPSA) is 103 Å². The predicted octanol–water partition coefficient (Wildman–Crippen LogP) is 1.42. The van der Waals surface area contributed by atoms with Gasteiger partial charge >= 0.3 is 0 Å². The van der Waals surface area contributed by atoms with Crippen molar-refractivity contribution in [3.05, 3.63) is 48.0 Å². The molecule has 0 fully saturated rings. The van der Waals surface area contributed by atoms with Crippen molar-refractivity contribution in [2.24, 2.45) is 12.8 Å². The molecule has 21 heavy (non-hydrogen) atoms. The fourth-order valence-corrected chi connectivity index (χ4v) is 2.00. The highest BCUT2D eigenvalue weighted by molar-refractivity contribution is 5.46. The van der Waals surface area contributed by atoms with Gasteiger partial charge in [0, 0.05) is 13.2 Å². The summed E-state index contributed by atoms with van der Waals surface area (Å²) < 4.78 is 6.87. The van der Waals surface area contributed by atoms with Gasteiger partial charge < -0.3 is 15.4 Å². The molecule has 1 aromatic carbocycles. The van der Waals surface area contributed by atoms with Crippen LogP contribution in [0.3, 0.4) is 0 Å². The van der Waals surface area contributed by atoms with E-state index < -0.39 is 6.04 Å². The summed E-state index contributed by atoms with van der Waals surface area (Å²) in [5.74, 6) is 1.01. The second-order valence-electron chi connectivity index (χ2n) is 4.81. The molecule has 0 saturated carbocycles. The highest BCUT2D eigenvalue weighted by Gasteiger charge is 2.17. The number of hydrogen-bond acceptors (Lipinski definition) is 6. The first kappa shape index (κ1) is 13.3. The number of rotatable bonds is 4. The molecule has 108 valence electrons. The Bertz CT molecular complexity index is 732. The summed E-state index contributed by atoms with van der Waals surface area (Å²) in [6.45, 7) is 0. The third-order valence-electron chi connectivity index (χ3n) is 3.09. The molecule has 1 atom stereocenters. The number of nitrogens with two attached hydrogens (primary N) is 1. The van der Waals surface area contributed by atoms with E-state index in [9.17, 15) is 5.11 Å². The van der Waals surface area contributed by atoms with Crippen molar-refractivity contribution >= 4 is 0 Å². The van der Waals surface area contributed by atoms with Gasteiger partial charge in [0.15, 0.2) is 0 Å². The molecule has 0 bridgehead atoms. The Morgan fingerprint density at radius 1 is 1.29 bits per heavy atom. The summed E-state index contributed by atoms with van der Waals surface area (Å²) in [6.07, 6.45) is 2.35. The van der Waals surface area contributed by atoms with E-state index in [4.69, 9.17) is 10.3 Å². The van der Waals surface area contributed by atoms with E-state index >= 15 is 0 Å². The van der Waals surface area contributed by atoms with Gasteiger partial charge in [-0.05, 0) is 30.2 Å². The lowest BCUT2D eigenvalue weighted by Crippen LogP contribution is -2.13. The second-order valence-corrected chi connectivity index (χ2v) is 4.81. The fraction of sp³-hybridized carbons (Fsp3) is 0.214. The average molecular weight is 285 g/mol. The van der Waals surface area contributed by atoms with Gasteiger partial charge in [-0.1, -0.05) is 17.3 Å². The van der Waals surface area contributed by atoms with E-state index in [0.29, 0.717) is 23.8 Å². The van der Waals surface area contributed by atoms with Crippen LogP contribution in [0.5, 0.6) is 5.75 Å². The number of phenols is 1. The summed E-state index contributed by atoms with van der Waals surface area (Å²) in [5, 5.41) is 17.4. The van der Waals surface area contributed by atoms with Crippen molar-refractivity contribution in [1.29, 1.82) is 0 Å². The Kier molecular flexibility index (Phi) is 3.41. The largest absolute Gasteiger partial charge is 0.508 e. The van der Waals surface area contributed by atoms with Crippen LogP contribution in [-0.2, 0) is 13.5 Å². The summed E-state index contributed by atoms with van der Waals surface area (Å²) in [6, 6.07) is 8.26. The molecule has 0 amide bonds. The Balaban J connectivity index is 1.74. The van der Waals surface area contributed by atoms with Gasteiger partial charge in [0.1, 0.15) is 11.4 Å². The first-order valence-electron chi connectivity index (χ1n) is 6.49. The van der Waals surface area contributed by atoms with Crippen LogP contribution < -0.4 is 5.73 Å². The molecule has 2 aromatic heterocycles. The van der Waals surface area contributed by atoms with Gasteiger partial charge in [0.25, 0.3) is 0 Å². The first-order valence-corrected chi connectivity index (χ1v) is 6.49. The normalized spacial score (nSPS) is 12.5. The summed E-state index contributed by atoms with van der Waals surface area (Å²) in [4.78, 5) is 4.28. The zero-order valence-corrected chi connectivity index (χ0v) is 11.5. The Labute approximate surface area is 121 Å². The summed E-state index contributed by atoms with van der Waals surface area (Å²) >= 11 is 0. The molecule has 3 aromatic rings. The minimum Gasteiger partial charge on any atom is -0.508 e. The molecular formula is C14H15N5O2. The maximum absolute atomic E-state index is 9.26. The molecule has 0 saturated heterocycles. The third-order valence-corrected chi connectivity index (χ3v) is 3.09. The zero-order valence-electron chi connectivity index (χ0n) is 11.5. The molecule has 3 rings (SSSR count). The number of benzene rings is 1. The van der Waals surface area contributed by atoms with Gasteiger partial charge in [-0.15, -0.1) is 0 Å². The molecule has 7 nitrogen and oxygen atoms in total. The van der Waals surface area contributed by atoms with Crippen molar-refractivity contribution in [1.82, 2.24) is 19.9 Å². The molecule has 2 heterocycles. The number of hydrogen-bond donors (Lipinski definition) is 2. The van der Waals surface area contributed by atoms with Crippen molar-refractivity contribution < 1.29 is 9.63 Å². The summed E-state index contributed by atoms with van der Waals surface area (Å²) in [7, 11) is 1.82. The van der Waals surface area contributed by atoms with E-state index in [1.54, 1.807) is 22.9 Å². The number of aromatic nitrogens is 4. The fourth-order valence-electron chi connectivity index (χ4n) is 2.00. The monoisotopic (exact) mass is 285 g/mol. The average Bonchev–Trinajstić information content (AvgIpc) is 3.10. The molecule has 7 heteroatoms. The second kappa shape index (κ2) is 5.37. The molecular weight excluding hydrogens is 270 g/mol. The van der Waals surface area contributed by atoms with Crippen LogP contribution in [0.2, 0.25) is 0 Å². The maximum Gasteiger partial charge on any atom is 0.244 e. The lowest BCUT2D eigenvalue weighted by atomic mass is 10.1. The van der Waals surface area contributed by atoms with Crippen molar-refractivity contribution in [2.45, 2.75) is 12.5 Å². The van der Waals surface area contributed by atoms with Crippen LogP contribution in [0, 0.1) is 0 Å². The van der Waals surface area contributed by atoms with Crippen LogP contribution in [-0.4, -0.2) is 25.0 Å². The van der Waals surface area contributed by atoms with Gasteiger partial charge in [-0.25, -0.2) is 0 Å². The van der Waals surface area contributed by atoms with Gasteiger partial charge in [0.2, 0.25) is 11.7 Å².